The lowest BCUT2D eigenvalue weighted by Crippen LogP contribution is -2.28. The van der Waals surface area contributed by atoms with Crippen LogP contribution >= 0.6 is 0 Å². The standard InChI is InChI=1S/C18H23NO/c1-4-19(17-9-5-7-15(2)13-17)11-12-20-18-10-6-8-16(3)14-18/h5-10,13-14H,4,11-12H2,1-3H3. The fraction of sp³-hybridized carbons (Fsp3) is 0.333. The first-order valence-corrected chi connectivity index (χ1v) is 7.20. The quantitative estimate of drug-likeness (QED) is 0.779. The smallest absolute Gasteiger partial charge is 0.119 e. The molecule has 2 heteroatoms. The average molecular weight is 269 g/mol. The number of hydrogen-bond acceptors (Lipinski definition) is 2. The SMILES string of the molecule is CCN(CCOc1cccc(C)c1)c1cccc(C)c1. The Balaban J connectivity index is 1.91. The summed E-state index contributed by atoms with van der Waals surface area (Å²) in [5.41, 5.74) is 3.79. The summed E-state index contributed by atoms with van der Waals surface area (Å²) in [6.07, 6.45) is 0. The highest BCUT2D eigenvalue weighted by atomic mass is 16.5. The van der Waals surface area contributed by atoms with Crippen molar-refractivity contribution in [2.45, 2.75) is 20.8 Å². The van der Waals surface area contributed by atoms with Gasteiger partial charge in [0.1, 0.15) is 12.4 Å². The maximum atomic E-state index is 5.83. The van der Waals surface area contributed by atoms with Crippen LogP contribution < -0.4 is 9.64 Å². The van der Waals surface area contributed by atoms with Gasteiger partial charge in [-0.2, -0.15) is 0 Å². The number of aryl methyl sites for hydroxylation is 2. The van der Waals surface area contributed by atoms with Crippen molar-refractivity contribution in [3.8, 4) is 5.75 Å². The fourth-order valence-electron chi connectivity index (χ4n) is 2.27. The third-order valence-electron chi connectivity index (χ3n) is 3.37. The molecule has 0 amide bonds. The van der Waals surface area contributed by atoms with Crippen LogP contribution in [0.15, 0.2) is 48.5 Å². The predicted molar refractivity (Wildman–Crippen MR) is 85.7 cm³/mol. The van der Waals surface area contributed by atoms with Crippen LogP contribution in [-0.2, 0) is 0 Å². The van der Waals surface area contributed by atoms with E-state index >= 15 is 0 Å². The van der Waals surface area contributed by atoms with E-state index in [1.807, 2.05) is 12.1 Å². The molecule has 0 heterocycles. The van der Waals surface area contributed by atoms with Crippen molar-refractivity contribution in [3.05, 3.63) is 59.7 Å². The van der Waals surface area contributed by atoms with Gasteiger partial charge in [-0.1, -0.05) is 24.3 Å². The number of anilines is 1. The van der Waals surface area contributed by atoms with E-state index in [0.717, 1.165) is 18.8 Å². The normalized spacial score (nSPS) is 10.3. The van der Waals surface area contributed by atoms with Gasteiger partial charge in [-0.05, 0) is 56.2 Å². The van der Waals surface area contributed by atoms with Crippen molar-refractivity contribution in [3.63, 3.8) is 0 Å². The zero-order chi connectivity index (χ0) is 14.4. The molecule has 0 radical (unpaired) electrons. The summed E-state index contributed by atoms with van der Waals surface area (Å²) in [7, 11) is 0. The first kappa shape index (κ1) is 14.4. The summed E-state index contributed by atoms with van der Waals surface area (Å²) in [5, 5.41) is 0. The molecule has 0 aromatic heterocycles. The zero-order valence-electron chi connectivity index (χ0n) is 12.6. The minimum absolute atomic E-state index is 0.700. The topological polar surface area (TPSA) is 12.5 Å². The molecule has 0 saturated heterocycles. The van der Waals surface area contributed by atoms with Gasteiger partial charge in [0.15, 0.2) is 0 Å². The van der Waals surface area contributed by atoms with Crippen LogP contribution in [0, 0.1) is 13.8 Å². The van der Waals surface area contributed by atoms with Gasteiger partial charge in [-0.25, -0.2) is 0 Å². The lowest BCUT2D eigenvalue weighted by Gasteiger charge is -2.23. The molecule has 0 saturated carbocycles. The van der Waals surface area contributed by atoms with Crippen LogP contribution in [0.3, 0.4) is 0 Å². The van der Waals surface area contributed by atoms with Crippen molar-refractivity contribution in [2.75, 3.05) is 24.6 Å². The van der Waals surface area contributed by atoms with Crippen molar-refractivity contribution < 1.29 is 4.74 Å². The van der Waals surface area contributed by atoms with Crippen LogP contribution in [-0.4, -0.2) is 19.7 Å². The van der Waals surface area contributed by atoms with Crippen molar-refractivity contribution in [1.29, 1.82) is 0 Å². The Labute approximate surface area is 122 Å². The molecule has 2 aromatic rings. The Kier molecular flexibility index (Phi) is 5.05. The maximum absolute atomic E-state index is 5.83. The average Bonchev–Trinajstić information content (AvgIpc) is 2.44. The highest BCUT2D eigenvalue weighted by molar-refractivity contribution is 5.48. The molecule has 0 N–H and O–H groups in total. The fourth-order valence-corrected chi connectivity index (χ4v) is 2.27. The summed E-state index contributed by atoms with van der Waals surface area (Å²) in [4.78, 5) is 2.34. The molecule has 0 spiro atoms. The third kappa shape index (κ3) is 4.02. The van der Waals surface area contributed by atoms with Gasteiger partial charge in [-0.15, -0.1) is 0 Å². The Bertz CT molecular complexity index is 551. The zero-order valence-corrected chi connectivity index (χ0v) is 12.6. The molecule has 0 fully saturated rings. The molecule has 0 bridgehead atoms. The van der Waals surface area contributed by atoms with Crippen LogP contribution in [0.5, 0.6) is 5.75 Å². The molecule has 2 nitrogen and oxygen atoms in total. The van der Waals surface area contributed by atoms with E-state index in [0.29, 0.717) is 6.61 Å². The second-order valence-corrected chi connectivity index (χ2v) is 5.08. The molecule has 0 unspecified atom stereocenters. The second kappa shape index (κ2) is 6.99. The molecule has 0 aliphatic rings. The van der Waals surface area contributed by atoms with Crippen LogP contribution in [0.1, 0.15) is 18.1 Å². The molecular formula is C18H23NO. The highest BCUT2D eigenvalue weighted by Crippen LogP contribution is 2.16. The van der Waals surface area contributed by atoms with Crippen molar-refractivity contribution >= 4 is 5.69 Å². The summed E-state index contributed by atoms with van der Waals surface area (Å²) in [6.45, 7) is 8.97. The Hall–Kier alpha value is -1.96. The highest BCUT2D eigenvalue weighted by Gasteiger charge is 2.04. The summed E-state index contributed by atoms with van der Waals surface area (Å²) in [6, 6.07) is 16.8. The largest absolute Gasteiger partial charge is 0.492 e. The van der Waals surface area contributed by atoms with E-state index in [1.165, 1.54) is 16.8 Å². The lowest BCUT2D eigenvalue weighted by molar-refractivity contribution is 0.324. The van der Waals surface area contributed by atoms with Crippen LogP contribution in [0.4, 0.5) is 5.69 Å². The van der Waals surface area contributed by atoms with Gasteiger partial charge in [-0.3, -0.25) is 0 Å². The number of hydrogen-bond donors (Lipinski definition) is 0. The van der Waals surface area contributed by atoms with E-state index in [1.54, 1.807) is 0 Å². The Morgan fingerprint density at radius 2 is 1.65 bits per heavy atom. The monoisotopic (exact) mass is 269 g/mol. The third-order valence-corrected chi connectivity index (χ3v) is 3.37. The summed E-state index contributed by atoms with van der Waals surface area (Å²) >= 11 is 0. The molecule has 0 atom stereocenters. The number of benzene rings is 2. The van der Waals surface area contributed by atoms with E-state index in [4.69, 9.17) is 4.74 Å². The van der Waals surface area contributed by atoms with E-state index < -0.39 is 0 Å². The van der Waals surface area contributed by atoms with Gasteiger partial charge in [0.05, 0.1) is 6.54 Å². The van der Waals surface area contributed by atoms with Crippen LogP contribution in [0.2, 0.25) is 0 Å². The molecular weight excluding hydrogens is 246 g/mol. The Morgan fingerprint density at radius 1 is 0.950 bits per heavy atom. The molecule has 106 valence electrons. The molecule has 0 aliphatic heterocycles. The first-order valence-electron chi connectivity index (χ1n) is 7.20. The van der Waals surface area contributed by atoms with Gasteiger partial charge in [0.25, 0.3) is 0 Å². The Morgan fingerprint density at radius 3 is 2.30 bits per heavy atom. The van der Waals surface area contributed by atoms with E-state index in [9.17, 15) is 0 Å². The van der Waals surface area contributed by atoms with E-state index in [-0.39, 0.29) is 0 Å². The molecule has 2 aromatic carbocycles. The van der Waals surface area contributed by atoms with Crippen molar-refractivity contribution in [2.24, 2.45) is 0 Å². The van der Waals surface area contributed by atoms with Gasteiger partial charge >= 0.3 is 0 Å². The van der Waals surface area contributed by atoms with Crippen LogP contribution in [0.25, 0.3) is 0 Å². The number of nitrogens with zero attached hydrogens (tertiary/aromatic N) is 1. The van der Waals surface area contributed by atoms with Gasteiger partial charge in [0, 0.05) is 12.2 Å². The first-order chi connectivity index (χ1) is 9.69. The minimum atomic E-state index is 0.700. The maximum Gasteiger partial charge on any atom is 0.119 e. The number of likely N-dealkylation sites (N-methyl/N-ethyl adjacent to an activating group) is 1. The number of rotatable bonds is 6. The molecule has 20 heavy (non-hydrogen) atoms. The molecule has 2 rings (SSSR count). The molecule has 0 aliphatic carbocycles. The summed E-state index contributed by atoms with van der Waals surface area (Å²) < 4.78 is 5.83. The van der Waals surface area contributed by atoms with Gasteiger partial charge < -0.3 is 9.64 Å². The second-order valence-electron chi connectivity index (χ2n) is 5.08. The lowest BCUT2D eigenvalue weighted by atomic mass is 10.2. The minimum Gasteiger partial charge on any atom is -0.492 e. The predicted octanol–water partition coefficient (Wildman–Crippen LogP) is 4.21. The van der Waals surface area contributed by atoms with E-state index in [2.05, 4.69) is 62.1 Å². The van der Waals surface area contributed by atoms with Gasteiger partial charge in [0.2, 0.25) is 0 Å². The number of ether oxygens (including phenoxy) is 1. The summed E-state index contributed by atoms with van der Waals surface area (Å²) in [5.74, 6) is 0.949. The van der Waals surface area contributed by atoms with Crippen molar-refractivity contribution in [1.82, 2.24) is 0 Å².